The van der Waals surface area contributed by atoms with Crippen LogP contribution in [0.15, 0.2) is 4.90 Å². The number of aryl methyl sites for hydroxylation is 1. The molecule has 1 aliphatic heterocycles. The second kappa shape index (κ2) is 8.06. The van der Waals surface area contributed by atoms with Crippen LogP contribution >= 0.6 is 0 Å². The zero-order valence-corrected chi connectivity index (χ0v) is 16.3. The minimum absolute atomic E-state index is 0.0435. The molecule has 26 heavy (non-hydrogen) atoms. The Balaban J connectivity index is 1.74. The molecule has 3 rings (SSSR count). The first kappa shape index (κ1) is 19.3. The SMILES string of the molecule is Cc1nn(CC(=O)NC2CCCCC2)c(C)c1S(=O)(=O)N1CCOCC1. The van der Waals surface area contributed by atoms with Crippen LogP contribution in [0.1, 0.15) is 43.5 Å². The van der Waals surface area contributed by atoms with Gasteiger partial charge in [0.05, 0.1) is 24.6 Å². The Labute approximate surface area is 154 Å². The maximum Gasteiger partial charge on any atom is 0.246 e. The fraction of sp³-hybridized carbons (Fsp3) is 0.765. The molecule has 0 bridgehead atoms. The van der Waals surface area contributed by atoms with Gasteiger partial charge in [0.2, 0.25) is 15.9 Å². The molecule has 1 aliphatic carbocycles. The molecular weight excluding hydrogens is 356 g/mol. The third-order valence-corrected chi connectivity index (χ3v) is 7.30. The number of amides is 1. The summed E-state index contributed by atoms with van der Waals surface area (Å²) in [5, 5.41) is 7.37. The lowest BCUT2D eigenvalue weighted by atomic mass is 9.95. The van der Waals surface area contributed by atoms with Crippen LogP contribution in [0.5, 0.6) is 0 Å². The van der Waals surface area contributed by atoms with E-state index in [2.05, 4.69) is 10.4 Å². The third-order valence-electron chi connectivity index (χ3n) is 5.15. The van der Waals surface area contributed by atoms with Crippen LogP contribution in [0.4, 0.5) is 0 Å². The molecule has 1 aromatic heterocycles. The van der Waals surface area contributed by atoms with Crippen molar-refractivity contribution >= 4 is 15.9 Å². The molecule has 1 N–H and O–H groups in total. The fourth-order valence-corrected chi connectivity index (χ4v) is 5.56. The average Bonchev–Trinajstić information content (AvgIpc) is 2.90. The van der Waals surface area contributed by atoms with E-state index in [-0.39, 0.29) is 23.4 Å². The second-order valence-corrected chi connectivity index (χ2v) is 8.95. The smallest absolute Gasteiger partial charge is 0.246 e. The van der Waals surface area contributed by atoms with Gasteiger partial charge in [-0.3, -0.25) is 9.48 Å². The summed E-state index contributed by atoms with van der Waals surface area (Å²) in [6.07, 6.45) is 5.55. The van der Waals surface area contributed by atoms with E-state index >= 15 is 0 Å². The highest BCUT2D eigenvalue weighted by Crippen LogP contribution is 2.24. The number of sulfonamides is 1. The Bertz CT molecular complexity index is 747. The summed E-state index contributed by atoms with van der Waals surface area (Å²) in [5.41, 5.74) is 0.937. The molecule has 0 unspecified atom stereocenters. The molecule has 1 amide bonds. The molecular formula is C17H28N4O4S. The number of hydrogen-bond acceptors (Lipinski definition) is 5. The predicted octanol–water partition coefficient (Wildman–Crippen LogP) is 0.970. The van der Waals surface area contributed by atoms with Crippen molar-refractivity contribution in [3.63, 3.8) is 0 Å². The van der Waals surface area contributed by atoms with E-state index in [1.807, 2.05) is 0 Å². The zero-order chi connectivity index (χ0) is 18.7. The van der Waals surface area contributed by atoms with Crippen molar-refractivity contribution in [1.29, 1.82) is 0 Å². The number of hydrogen-bond donors (Lipinski definition) is 1. The molecule has 0 aromatic carbocycles. The Morgan fingerprint density at radius 3 is 2.50 bits per heavy atom. The lowest BCUT2D eigenvalue weighted by molar-refractivity contribution is -0.122. The summed E-state index contributed by atoms with van der Waals surface area (Å²) < 4.78 is 34.1. The molecule has 0 radical (unpaired) electrons. The molecule has 1 saturated carbocycles. The maximum absolute atomic E-state index is 13.0. The monoisotopic (exact) mass is 384 g/mol. The van der Waals surface area contributed by atoms with Crippen molar-refractivity contribution in [2.75, 3.05) is 26.3 Å². The first-order chi connectivity index (χ1) is 12.4. The van der Waals surface area contributed by atoms with Crippen molar-refractivity contribution in [3.8, 4) is 0 Å². The summed E-state index contributed by atoms with van der Waals surface area (Å²) in [4.78, 5) is 12.6. The number of carbonyl (C=O) groups is 1. The first-order valence-corrected chi connectivity index (χ1v) is 10.7. The van der Waals surface area contributed by atoms with Crippen LogP contribution in [0, 0.1) is 13.8 Å². The van der Waals surface area contributed by atoms with Crippen molar-refractivity contribution in [2.24, 2.45) is 0 Å². The van der Waals surface area contributed by atoms with E-state index in [0.29, 0.717) is 37.7 Å². The van der Waals surface area contributed by atoms with Gasteiger partial charge in [-0.1, -0.05) is 19.3 Å². The Morgan fingerprint density at radius 1 is 1.19 bits per heavy atom. The van der Waals surface area contributed by atoms with Crippen molar-refractivity contribution in [3.05, 3.63) is 11.4 Å². The highest BCUT2D eigenvalue weighted by Gasteiger charge is 2.32. The number of rotatable bonds is 5. The largest absolute Gasteiger partial charge is 0.379 e. The van der Waals surface area contributed by atoms with Gasteiger partial charge in [-0.15, -0.1) is 0 Å². The molecule has 9 heteroatoms. The van der Waals surface area contributed by atoms with Crippen LogP contribution in [0.3, 0.4) is 0 Å². The van der Waals surface area contributed by atoms with Crippen molar-refractivity contribution in [1.82, 2.24) is 19.4 Å². The van der Waals surface area contributed by atoms with E-state index < -0.39 is 10.0 Å². The molecule has 2 heterocycles. The number of ether oxygens (including phenoxy) is 1. The summed E-state index contributed by atoms with van der Waals surface area (Å²) >= 11 is 0. The van der Waals surface area contributed by atoms with Crippen LogP contribution in [-0.2, 0) is 26.1 Å². The molecule has 2 aliphatic rings. The molecule has 1 aromatic rings. The Kier molecular flexibility index (Phi) is 5.99. The van der Waals surface area contributed by atoms with Gasteiger partial charge in [-0.05, 0) is 26.7 Å². The van der Waals surface area contributed by atoms with E-state index in [0.717, 1.165) is 25.7 Å². The fourth-order valence-electron chi connectivity index (χ4n) is 3.78. The first-order valence-electron chi connectivity index (χ1n) is 9.31. The summed E-state index contributed by atoms with van der Waals surface area (Å²) in [6.45, 7) is 4.91. The maximum atomic E-state index is 13.0. The highest BCUT2D eigenvalue weighted by molar-refractivity contribution is 7.89. The molecule has 0 spiro atoms. The van der Waals surface area contributed by atoms with Crippen molar-refractivity contribution in [2.45, 2.75) is 63.4 Å². The number of morpholine rings is 1. The van der Waals surface area contributed by atoms with Crippen LogP contribution in [0.25, 0.3) is 0 Å². The summed E-state index contributed by atoms with van der Waals surface area (Å²) in [5.74, 6) is -0.113. The van der Waals surface area contributed by atoms with E-state index in [4.69, 9.17) is 4.74 Å². The lowest BCUT2D eigenvalue weighted by Crippen LogP contribution is -2.41. The molecule has 0 atom stereocenters. The van der Waals surface area contributed by atoms with Gasteiger partial charge < -0.3 is 10.1 Å². The van der Waals surface area contributed by atoms with Crippen LogP contribution in [-0.4, -0.2) is 60.8 Å². The van der Waals surface area contributed by atoms with Gasteiger partial charge in [0.15, 0.2) is 0 Å². The van der Waals surface area contributed by atoms with Gasteiger partial charge in [0.1, 0.15) is 11.4 Å². The quantitative estimate of drug-likeness (QED) is 0.816. The molecule has 146 valence electrons. The van der Waals surface area contributed by atoms with E-state index in [1.165, 1.54) is 15.4 Å². The topological polar surface area (TPSA) is 93.5 Å². The average molecular weight is 385 g/mol. The van der Waals surface area contributed by atoms with Crippen LogP contribution in [0.2, 0.25) is 0 Å². The van der Waals surface area contributed by atoms with Gasteiger partial charge in [0.25, 0.3) is 0 Å². The molecule has 1 saturated heterocycles. The normalized spacial score (nSPS) is 20.2. The zero-order valence-electron chi connectivity index (χ0n) is 15.5. The number of carbonyl (C=O) groups excluding carboxylic acids is 1. The van der Waals surface area contributed by atoms with Crippen LogP contribution < -0.4 is 5.32 Å². The minimum atomic E-state index is -3.63. The number of nitrogens with zero attached hydrogens (tertiary/aromatic N) is 3. The highest BCUT2D eigenvalue weighted by atomic mass is 32.2. The molecule has 8 nitrogen and oxygen atoms in total. The van der Waals surface area contributed by atoms with Gasteiger partial charge in [0, 0.05) is 19.1 Å². The van der Waals surface area contributed by atoms with Gasteiger partial charge >= 0.3 is 0 Å². The van der Waals surface area contributed by atoms with E-state index in [9.17, 15) is 13.2 Å². The summed E-state index contributed by atoms with van der Waals surface area (Å²) in [6, 6.07) is 0.227. The third kappa shape index (κ3) is 4.10. The Hall–Kier alpha value is -1.45. The number of aromatic nitrogens is 2. The van der Waals surface area contributed by atoms with Gasteiger partial charge in [-0.2, -0.15) is 9.40 Å². The summed E-state index contributed by atoms with van der Waals surface area (Å²) in [7, 11) is -3.63. The second-order valence-electron chi connectivity index (χ2n) is 7.08. The standard InChI is InChI=1S/C17H28N4O4S/c1-13-17(26(23,24)20-8-10-25-11-9-20)14(2)21(19-13)12-16(22)18-15-6-4-3-5-7-15/h15H,3-12H2,1-2H3,(H,18,22). The predicted molar refractivity (Wildman–Crippen MR) is 96.3 cm³/mol. The van der Waals surface area contributed by atoms with Crippen molar-refractivity contribution < 1.29 is 17.9 Å². The van der Waals surface area contributed by atoms with Gasteiger partial charge in [-0.25, -0.2) is 8.42 Å². The minimum Gasteiger partial charge on any atom is -0.379 e. The number of nitrogens with one attached hydrogen (secondary N) is 1. The Morgan fingerprint density at radius 2 is 1.85 bits per heavy atom. The van der Waals surface area contributed by atoms with E-state index in [1.54, 1.807) is 13.8 Å². The molecule has 2 fully saturated rings. The lowest BCUT2D eigenvalue weighted by Gasteiger charge is -2.26.